The Kier molecular flexibility index (Phi) is 5.07. The fourth-order valence-corrected chi connectivity index (χ4v) is 1.42. The molecule has 1 saturated heterocycles. The van der Waals surface area contributed by atoms with Gasteiger partial charge in [-0.05, 0) is 37.6 Å². The predicted molar refractivity (Wildman–Crippen MR) is 58.9 cm³/mol. The molecule has 4 N–H and O–H groups in total. The van der Waals surface area contributed by atoms with Crippen LogP contribution in [0.4, 0.5) is 10.1 Å². The van der Waals surface area contributed by atoms with Crippen molar-refractivity contribution in [3.8, 4) is 0 Å². The monoisotopic (exact) mass is 212 g/mol. The summed E-state index contributed by atoms with van der Waals surface area (Å²) in [7, 11) is 0. The molecular formula is C11H17FN2O. The molecule has 15 heavy (non-hydrogen) atoms. The molecule has 0 spiro atoms. The van der Waals surface area contributed by atoms with Crippen LogP contribution in [0.5, 0.6) is 0 Å². The third kappa shape index (κ3) is 4.76. The molecule has 4 heteroatoms. The van der Waals surface area contributed by atoms with Crippen LogP contribution in [-0.2, 0) is 0 Å². The van der Waals surface area contributed by atoms with Gasteiger partial charge in [0.2, 0.25) is 0 Å². The van der Waals surface area contributed by atoms with Crippen LogP contribution < -0.4 is 11.1 Å². The summed E-state index contributed by atoms with van der Waals surface area (Å²) < 4.78 is 12.1. The zero-order chi connectivity index (χ0) is 11.1. The Hall–Kier alpha value is -1.13. The van der Waals surface area contributed by atoms with Gasteiger partial charge in [0, 0.05) is 11.7 Å². The molecule has 2 rings (SSSR count). The normalized spacial score (nSPS) is 19.5. The standard InChI is InChI=1S/C6H6FN.C5H11NO/c7-5-2-1-3-6(8)4-5;7-4-5-2-1-3-6-5/h1-4H,8H2;5-7H,1-4H2/t;5-/m.0/s1. The van der Waals surface area contributed by atoms with Gasteiger partial charge in [-0.15, -0.1) is 0 Å². The summed E-state index contributed by atoms with van der Waals surface area (Å²) in [6.45, 7) is 1.39. The number of aliphatic hydroxyl groups excluding tert-OH is 1. The van der Waals surface area contributed by atoms with Crippen LogP contribution in [0, 0.1) is 5.82 Å². The van der Waals surface area contributed by atoms with E-state index in [0.29, 0.717) is 18.3 Å². The predicted octanol–water partition coefficient (Wildman–Crippen LogP) is 1.14. The van der Waals surface area contributed by atoms with Crippen molar-refractivity contribution in [2.24, 2.45) is 0 Å². The SMILES string of the molecule is Nc1cccc(F)c1.OC[C@@H]1CCCN1. The topological polar surface area (TPSA) is 58.3 Å². The van der Waals surface area contributed by atoms with E-state index in [0.717, 1.165) is 13.0 Å². The lowest BCUT2D eigenvalue weighted by molar-refractivity contribution is 0.255. The van der Waals surface area contributed by atoms with E-state index in [-0.39, 0.29) is 5.82 Å². The minimum absolute atomic E-state index is 0.287. The van der Waals surface area contributed by atoms with Gasteiger partial charge >= 0.3 is 0 Å². The Labute approximate surface area is 89.1 Å². The van der Waals surface area contributed by atoms with Gasteiger partial charge in [0.1, 0.15) is 5.82 Å². The minimum Gasteiger partial charge on any atom is -0.399 e. The van der Waals surface area contributed by atoms with Crippen LogP contribution in [0.25, 0.3) is 0 Å². The van der Waals surface area contributed by atoms with E-state index < -0.39 is 0 Å². The van der Waals surface area contributed by atoms with E-state index in [1.807, 2.05) is 0 Å². The number of benzene rings is 1. The molecule has 84 valence electrons. The van der Waals surface area contributed by atoms with E-state index in [9.17, 15) is 4.39 Å². The second kappa shape index (κ2) is 6.37. The molecule has 0 unspecified atom stereocenters. The molecule has 0 saturated carbocycles. The van der Waals surface area contributed by atoms with Gasteiger partial charge in [0.05, 0.1) is 6.61 Å². The van der Waals surface area contributed by atoms with Crippen molar-refractivity contribution in [2.45, 2.75) is 18.9 Å². The number of nitrogens with one attached hydrogen (secondary N) is 1. The fourth-order valence-electron chi connectivity index (χ4n) is 1.42. The van der Waals surface area contributed by atoms with Gasteiger partial charge < -0.3 is 16.2 Å². The highest BCUT2D eigenvalue weighted by Gasteiger charge is 2.10. The highest BCUT2D eigenvalue weighted by atomic mass is 19.1. The third-order valence-electron chi connectivity index (χ3n) is 2.23. The molecule has 1 aliphatic heterocycles. The summed E-state index contributed by atoms with van der Waals surface area (Å²) >= 11 is 0. The molecule has 1 aromatic rings. The summed E-state index contributed by atoms with van der Waals surface area (Å²) in [4.78, 5) is 0. The number of nitrogen functional groups attached to an aromatic ring is 1. The van der Waals surface area contributed by atoms with Gasteiger partial charge in [-0.25, -0.2) is 4.39 Å². The first-order chi connectivity index (χ1) is 7.22. The lowest BCUT2D eigenvalue weighted by Crippen LogP contribution is -2.24. The van der Waals surface area contributed by atoms with Crippen LogP contribution in [0.1, 0.15) is 12.8 Å². The van der Waals surface area contributed by atoms with Gasteiger partial charge in [0.15, 0.2) is 0 Å². The molecule has 0 aliphatic carbocycles. The second-order valence-corrected chi connectivity index (χ2v) is 3.53. The van der Waals surface area contributed by atoms with Gasteiger partial charge in [0.25, 0.3) is 0 Å². The Bertz CT molecular complexity index is 270. The molecule has 1 atom stereocenters. The average Bonchev–Trinajstić information content (AvgIpc) is 2.70. The molecule has 0 bridgehead atoms. The van der Waals surface area contributed by atoms with Crippen molar-refractivity contribution in [1.82, 2.24) is 5.32 Å². The van der Waals surface area contributed by atoms with E-state index in [1.54, 1.807) is 12.1 Å². The summed E-state index contributed by atoms with van der Waals surface area (Å²) in [6.07, 6.45) is 2.38. The molecular weight excluding hydrogens is 195 g/mol. The smallest absolute Gasteiger partial charge is 0.125 e. The number of rotatable bonds is 1. The zero-order valence-corrected chi connectivity index (χ0v) is 8.62. The number of hydrogen-bond donors (Lipinski definition) is 3. The summed E-state index contributed by atoms with van der Waals surface area (Å²) in [5.41, 5.74) is 5.68. The van der Waals surface area contributed by atoms with Crippen molar-refractivity contribution < 1.29 is 9.50 Å². The maximum atomic E-state index is 12.1. The maximum Gasteiger partial charge on any atom is 0.125 e. The Morgan fingerprint density at radius 1 is 1.53 bits per heavy atom. The number of hydrogen-bond acceptors (Lipinski definition) is 3. The Morgan fingerprint density at radius 3 is 2.67 bits per heavy atom. The van der Waals surface area contributed by atoms with Crippen molar-refractivity contribution in [2.75, 3.05) is 18.9 Å². The van der Waals surface area contributed by atoms with E-state index in [2.05, 4.69) is 5.32 Å². The van der Waals surface area contributed by atoms with Crippen LogP contribution in [0.15, 0.2) is 24.3 Å². The Morgan fingerprint density at radius 2 is 2.33 bits per heavy atom. The third-order valence-corrected chi connectivity index (χ3v) is 2.23. The highest BCUT2D eigenvalue weighted by Crippen LogP contribution is 2.03. The number of aliphatic hydroxyl groups is 1. The van der Waals surface area contributed by atoms with Crippen LogP contribution in [-0.4, -0.2) is 24.3 Å². The molecule has 0 amide bonds. The lowest BCUT2D eigenvalue weighted by atomic mass is 10.2. The molecule has 1 aliphatic rings. The van der Waals surface area contributed by atoms with E-state index in [1.165, 1.54) is 18.6 Å². The largest absolute Gasteiger partial charge is 0.399 e. The first kappa shape index (κ1) is 11.9. The van der Waals surface area contributed by atoms with Gasteiger partial charge in [-0.2, -0.15) is 0 Å². The summed E-state index contributed by atoms with van der Waals surface area (Å²) in [5, 5.41) is 11.7. The van der Waals surface area contributed by atoms with Crippen molar-refractivity contribution in [1.29, 1.82) is 0 Å². The average molecular weight is 212 g/mol. The van der Waals surface area contributed by atoms with Crippen LogP contribution in [0.2, 0.25) is 0 Å². The first-order valence-corrected chi connectivity index (χ1v) is 5.07. The molecule has 0 radical (unpaired) electrons. The van der Waals surface area contributed by atoms with Crippen molar-refractivity contribution in [3.63, 3.8) is 0 Å². The molecule has 3 nitrogen and oxygen atoms in total. The Balaban J connectivity index is 0.000000151. The van der Waals surface area contributed by atoms with E-state index >= 15 is 0 Å². The first-order valence-electron chi connectivity index (χ1n) is 5.07. The van der Waals surface area contributed by atoms with Crippen molar-refractivity contribution in [3.05, 3.63) is 30.1 Å². The molecule has 1 aromatic carbocycles. The molecule has 1 heterocycles. The quantitative estimate of drug-likeness (QED) is 0.612. The number of nitrogens with two attached hydrogens (primary N) is 1. The zero-order valence-electron chi connectivity index (χ0n) is 8.62. The fraction of sp³-hybridized carbons (Fsp3) is 0.455. The van der Waals surface area contributed by atoms with E-state index in [4.69, 9.17) is 10.8 Å². The van der Waals surface area contributed by atoms with Gasteiger partial charge in [-0.1, -0.05) is 6.07 Å². The summed E-state index contributed by atoms with van der Waals surface area (Å²) in [5.74, 6) is -0.287. The van der Waals surface area contributed by atoms with Crippen LogP contribution >= 0.6 is 0 Å². The summed E-state index contributed by atoms with van der Waals surface area (Å²) in [6, 6.07) is 6.25. The maximum absolute atomic E-state index is 12.1. The molecule has 1 fully saturated rings. The van der Waals surface area contributed by atoms with Crippen LogP contribution in [0.3, 0.4) is 0 Å². The van der Waals surface area contributed by atoms with Crippen molar-refractivity contribution >= 4 is 5.69 Å². The molecule has 0 aromatic heterocycles. The minimum atomic E-state index is -0.287. The highest BCUT2D eigenvalue weighted by molar-refractivity contribution is 5.36. The lowest BCUT2D eigenvalue weighted by Gasteiger charge is -2.01. The van der Waals surface area contributed by atoms with Gasteiger partial charge in [-0.3, -0.25) is 0 Å². The second-order valence-electron chi connectivity index (χ2n) is 3.53. The number of anilines is 1. The number of halogens is 1.